The predicted octanol–water partition coefficient (Wildman–Crippen LogP) is 3.28. The van der Waals surface area contributed by atoms with E-state index < -0.39 is 0 Å². The number of benzene rings is 1. The maximum Gasteiger partial charge on any atom is 0.0404 e. The fourth-order valence-electron chi connectivity index (χ4n) is 2.27. The Balaban J connectivity index is 2.04. The molecule has 0 aliphatic carbocycles. The van der Waals surface area contributed by atoms with Gasteiger partial charge in [-0.1, -0.05) is 30.3 Å². The number of aromatic nitrogens is 1. The van der Waals surface area contributed by atoms with E-state index in [1.165, 1.54) is 11.1 Å². The molecule has 2 nitrogen and oxygen atoms in total. The Bertz CT molecular complexity index is 479. The molecule has 1 N–H and O–H groups in total. The zero-order valence-electron chi connectivity index (χ0n) is 11.1. The molecule has 0 bridgehead atoms. The second-order valence-corrected chi connectivity index (χ2v) is 4.56. The molecule has 0 spiro atoms. The molecule has 0 aliphatic heterocycles. The molecular weight excluding hydrogens is 220 g/mol. The summed E-state index contributed by atoms with van der Waals surface area (Å²) in [7, 11) is 2.02. The zero-order chi connectivity index (χ0) is 12.8. The molecule has 18 heavy (non-hydrogen) atoms. The lowest BCUT2D eigenvalue weighted by molar-refractivity contribution is 0.543. The molecule has 1 aromatic carbocycles. The number of hydrogen-bond donors (Lipinski definition) is 1. The van der Waals surface area contributed by atoms with E-state index in [1.54, 1.807) is 0 Å². The van der Waals surface area contributed by atoms with Crippen LogP contribution in [0.15, 0.2) is 48.7 Å². The summed E-state index contributed by atoms with van der Waals surface area (Å²) in [6.07, 6.45) is 3.93. The van der Waals surface area contributed by atoms with E-state index in [1.807, 2.05) is 25.4 Å². The van der Waals surface area contributed by atoms with Crippen molar-refractivity contribution in [3.8, 4) is 0 Å². The summed E-state index contributed by atoms with van der Waals surface area (Å²) in [6, 6.07) is 15.1. The van der Waals surface area contributed by atoms with Crippen LogP contribution in [0.5, 0.6) is 0 Å². The van der Waals surface area contributed by atoms with E-state index in [4.69, 9.17) is 0 Å². The normalized spacial score (nSPS) is 12.3. The van der Waals surface area contributed by atoms with Crippen molar-refractivity contribution in [1.82, 2.24) is 10.3 Å². The number of nitrogens with zero attached hydrogens (tertiary/aromatic N) is 1. The van der Waals surface area contributed by atoms with Crippen molar-refractivity contribution in [2.45, 2.75) is 25.8 Å². The summed E-state index contributed by atoms with van der Waals surface area (Å²) in [5, 5.41) is 3.40. The lowest BCUT2D eigenvalue weighted by Crippen LogP contribution is -2.18. The molecule has 0 aliphatic rings. The van der Waals surface area contributed by atoms with Gasteiger partial charge in [0.1, 0.15) is 0 Å². The van der Waals surface area contributed by atoms with Gasteiger partial charge in [0.25, 0.3) is 0 Å². The van der Waals surface area contributed by atoms with Gasteiger partial charge in [-0.05, 0) is 50.1 Å². The van der Waals surface area contributed by atoms with Crippen molar-refractivity contribution < 1.29 is 0 Å². The maximum atomic E-state index is 4.37. The molecule has 2 aromatic rings. The first-order valence-electron chi connectivity index (χ1n) is 6.44. The van der Waals surface area contributed by atoms with E-state index >= 15 is 0 Å². The van der Waals surface area contributed by atoms with Gasteiger partial charge in [-0.2, -0.15) is 0 Å². The third-order valence-corrected chi connectivity index (χ3v) is 3.33. The van der Waals surface area contributed by atoms with Gasteiger partial charge in [-0.25, -0.2) is 0 Å². The lowest BCUT2D eigenvalue weighted by Gasteiger charge is -2.18. The van der Waals surface area contributed by atoms with Crippen molar-refractivity contribution in [2.24, 2.45) is 0 Å². The molecule has 94 valence electrons. The van der Waals surface area contributed by atoms with E-state index in [0.717, 1.165) is 18.5 Å². The molecular formula is C16H20N2. The second-order valence-electron chi connectivity index (χ2n) is 4.56. The van der Waals surface area contributed by atoms with Gasteiger partial charge in [0.05, 0.1) is 0 Å². The number of rotatable bonds is 5. The van der Waals surface area contributed by atoms with Crippen LogP contribution in [0, 0.1) is 6.92 Å². The highest BCUT2D eigenvalue weighted by Crippen LogP contribution is 2.21. The summed E-state index contributed by atoms with van der Waals surface area (Å²) in [5.74, 6) is 0. The molecule has 0 amide bonds. The number of hydrogen-bond acceptors (Lipinski definition) is 2. The molecule has 2 heteroatoms. The molecule has 0 fully saturated rings. The highest BCUT2D eigenvalue weighted by Gasteiger charge is 2.11. The van der Waals surface area contributed by atoms with Crippen LogP contribution in [0.4, 0.5) is 0 Å². The Hall–Kier alpha value is -1.67. The summed E-state index contributed by atoms with van der Waals surface area (Å²) in [5.41, 5.74) is 3.89. The van der Waals surface area contributed by atoms with Crippen molar-refractivity contribution in [2.75, 3.05) is 7.05 Å². The van der Waals surface area contributed by atoms with Crippen molar-refractivity contribution >= 4 is 0 Å². The predicted molar refractivity (Wildman–Crippen MR) is 75.5 cm³/mol. The zero-order valence-corrected chi connectivity index (χ0v) is 11.1. The summed E-state index contributed by atoms with van der Waals surface area (Å²) in [6.45, 7) is 2.17. The monoisotopic (exact) mass is 240 g/mol. The maximum absolute atomic E-state index is 4.37. The fraction of sp³-hybridized carbons (Fsp3) is 0.312. The molecule has 0 radical (unpaired) electrons. The average Bonchev–Trinajstić information content (AvgIpc) is 2.42. The highest BCUT2D eigenvalue weighted by atomic mass is 14.9. The second kappa shape index (κ2) is 6.31. The highest BCUT2D eigenvalue weighted by molar-refractivity contribution is 5.28. The SMILES string of the molecule is CNC(CCc1ccccn1)c1ccccc1C. The molecule has 1 heterocycles. The Kier molecular flexibility index (Phi) is 4.48. The van der Waals surface area contributed by atoms with Crippen LogP contribution >= 0.6 is 0 Å². The van der Waals surface area contributed by atoms with Crippen LogP contribution in [0.1, 0.15) is 29.3 Å². The molecule has 1 atom stereocenters. The van der Waals surface area contributed by atoms with Crippen molar-refractivity contribution in [3.05, 3.63) is 65.5 Å². The summed E-state index contributed by atoms with van der Waals surface area (Å²) >= 11 is 0. The first kappa shape index (κ1) is 12.8. The third-order valence-electron chi connectivity index (χ3n) is 3.33. The standard InChI is InChI=1S/C16H20N2/c1-13-7-3-4-9-15(13)16(17-2)11-10-14-8-5-6-12-18-14/h3-9,12,16-17H,10-11H2,1-2H3. The summed E-state index contributed by atoms with van der Waals surface area (Å²) < 4.78 is 0. The minimum Gasteiger partial charge on any atom is -0.313 e. The number of nitrogens with one attached hydrogen (secondary N) is 1. The van der Waals surface area contributed by atoms with E-state index in [0.29, 0.717) is 6.04 Å². The van der Waals surface area contributed by atoms with Crippen molar-refractivity contribution in [1.29, 1.82) is 0 Å². The first-order valence-corrected chi connectivity index (χ1v) is 6.44. The Morgan fingerprint density at radius 1 is 1.11 bits per heavy atom. The van der Waals surface area contributed by atoms with E-state index in [9.17, 15) is 0 Å². The van der Waals surface area contributed by atoms with Crippen LogP contribution < -0.4 is 5.32 Å². The number of aryl methyl sites for hydroxylation is 2. The first-order chi connectivity index (χ1) is 8.81. The van der Waals surface area contributed by atoms with Gasteiger partial charge in [0.15, 0.2) is 0 Å². The lowest BCUT2D eigenvalue weighted by atomic mass is 9.97. The van der Waals surface area contributed by atoms with Crippen LogP contribution in [-0.4, -0.2) is 12.0 Å². The average molecular weight is 240 g/mol. The minimum atomic E-state index is 0.396. The van der Waals surface area contributed by atoms with Gasteiger partial charge < -0.3 is 5.32 Å². The van der Waals surface area contributed by atoms with E-state index in [2.05, 4.69) is 47.6 Å². The van der Waals surface area contributed by atoms with Gasteiger partial charge in [-0.15, -0.1) is 0 Å². The van der Waals surface area contributed by atoms with E-state index in [-0.39, 0.29) is 0 Å². The molecule has 0 saturated carbocycles. The molecule has 0 saturated heterocycles. The molecule has 1 unspecified atom stereocenters. The Morgan fingerprint density at radius 3 is 2.56 bits per heavy atom. The van der Waals surface area contributed by atoms with Crippen LogP contribution in [0.25, 0.3) is 0 Å². The smallest absolute Gasteiger partial charge is 0.0404 e. The van der Waals surface area contributed by atoms with Gasteiger partial charge in [-0.3, -0.25) is 4.98 Å². The van der Waals surface area contributed by atoms with Crippen LogP contribution in [0.3, 0.4) is 0 Å². The van der Waals surface area contributed by atoms with Crippen molar-refractivity contribution in [3.63, 3.8) is 0 Å². The van der Waals surface area contributed by atoms with Gasteiger partial charge in [0.2, 0.25) is 0 Å². The van der Waals surface area contributed by atoms with Crippen LogP contribution in [0.2, 0.25) is 0 Å². The molecule has 2 rings (SSSR count). The fourth-order valence-corrected chi connectivity index (χ4v) is 2.27. The third kappa shape index (κ3) is 3.17. The van der Waals surface area contributed by atoms with Crippen LogP contribution in [-0.2, 0) is 6.42 Å². The summed E-state index contributed by atoms with van der Waals surface area (Å²) in [4.78, 5) is 4.37. The largest absolute Gasteiger partial charge is 0.313 e. The minimum absolute atomic E-state index is 0.396. The Labute approximate surface area is 109 Å². The topological polar surface area (TPSA) is 24.9 Å². The van der Waals surface area contributed by atoms with Gasteiger partial charge in [0, 0.05) is 17.9 Å². The molecule has 1 aromatic heterocycles. The number of pyridine rings is 1. The van der Waals surface area contributed by atoms with Gasteiger partial charge >= 0.3 is 0 Å². The Morgan fingerprint density at radius 2 is 1.89 bits per heavy atom. The quantitative estimate of drug-likeness (QED) is 0.867.